The van der Waals surface area contributed by atoms with Crippen molar-refractivity contribution in [3.8, 4) is 0 Å². The molecule has 0 saturated heterocycles. The zero-order valence-electron chi connectivity index (χ0n) is 28.5. The first kappa shape index (κ1) is 51.6. The first-order chi connectivity index (χ1) is 27.6. The standard InChI is InChI=1S/C26H4F20P2.C7H8.BF4.Rh/c27-3-7(31)15(39)23(16(40)8(3)32)47(24-17(41)9(33)4(28)10(34)18(24)42)1-2-48(25-19(43)11(35)5(29)12(36)20(25)44)26-21(45)13(37)6(30)14(38)22(26)46;1-2-7-4-3-6(1)5-7;2-1(3,4)5;/h1-2H2;1-4,6-7H,5H2;;/q;;-1;. The van der Waals surface area contributed by atoms with Crippen LogP contribution in [0, 0.1) is 128 Å². The Balaban J connectivity index is 0.000000652. The van der Waals surface area contributed by atoms with Crippen LogP contribution in [0.5, 0.6) is 0 Å². The Kier molecular flexibility index (Phi) is 16.7. The minimum atomic E-state index is -6.00. The minimum Gasteiger partial charge on any atom is -0.418 e. The summed E-state index contributed by atoms with van der Waals surface area (Å²) in [5, 5.41) is -9.63. The summed E-state index contributed by atoms with van der Waals surface area (Å²) in [5.74, 6) is -57.7. The molecule has 2 aliphatic rings. The number of fused-ring (bicyclic) bond motifs is 2. The van der Waals surface area contributed by atoms with Crippen LogP contribution in [0.25, 0.3) is 0 Å². The van der Waals surface area contributed by atoms with Gasteiger partial charge < -0.3 is 17.3 Å². The van der Waals surface area contributed by atoms with Crippen LogP contribution < -0.4 is 21.2 Å². The Labute approximate surface area is 339 Å². The van der Waals surface area contributed by atoms with E-state index in [1.165, 1.54) is 6.42 Å². The molecule has 4 aromatic rings. The zero-order chi connectivity index (χ0) is 45.6. The third kappa shape index (κ3) is 10.2. The maximum Gasteiger partial charge on any atom is 0.673 e. The molecule has 0 nitrogen and oxygen atoms in total. The molecule has 335 valence electrons. The van der Waals surface area contributed by atoms with E-state index in [1.807, 2.05) is 0 Å². The van der Waals surface area contributed by atoms with E-state index in [0.29, 0.717) is 0 Å². The van der Waals surface area contributed by atoms with E-state index < -0.39 is 173 Å². The monoisotopic (exact) mass is 1040 g/mol. The third-order valence-electron chi connectivity index (χ3n) is 8.13. The van der Waals surface area contributed by atoms with Crippen LogP contribution >= 0.6 is 15.8 Å². The molecule has 0 saturated carbocycles. The van der Waals surface area contributed by atoms with E-state index in [0.717, 1.165) is 11.8 Å². The molecule has 0 unspecified atom stereocenters. The van der Waals surface area contributed by atoms with Crippen molar-refractivity contribution in [3.05, 3.63) is 141 Å². The SMILES string of the molecule is C1=CC2C=CC1C2.F[B-](F)(F)F.Fc1c(F)c(F)c(P(CCP(c2c(F)c(F)c(F)c(F)c2F)c2c(F)c(F)c(F)c(F)c2F)c2c(F)c(F)c(F)c(F)c2F)c(F)c1F.[Rh]. The molecule has 2 bridgehead atoms. The second kappa shape index (κ2) is 19.7. The van der Waals surface area contributed by atoms with Gasteiger partial charge in [-0.25, -0.2) is 87.8 Å². The molecule has 0 atom stereocenters. The number of hydrogen-bond acceptors (Lipinski definition) is 0. The van der Waals surface area contributed by atoms with Gasteiger partial charge in [-0.05, 0) is 46.4 Å². The zero-order valence-corrected chi connectivity index (χ0v) is 31.9. The fraction of sp³-hybridized carbons (Fsp3) is 0.152. The van der Waals surface area contributed by atoms with Gasteiger partial charge in [-0.1, -0.05) is 24.3 Å². The summed E-state index contributed by atoms with van der Waals surface area (Å²) in [5.41, 5.74) is 0. The van der Waals surface area contributed by atoms with Crippen molar-refractivity contribution < 1.29 is 125 Å². The maximum atomic E-state index is 14.9. The molecule has 0 aromatic heterocycles. The number of rotatable bonds is 7. The van der Waals surface area contributed by atoms with Crippen LogP contribution in [0.15, 0.2) is 24.3 Å². The second-order valence-corrected chi connectivity index (χ2v) is 16.2. The quantitative estimate of drug-likeness (QED) is 0.0432. The molecule has 6 rings (SSSR count). The van der Waals surface area contributed by atoms with E-state index >= 15 is 0 Å². The molecule has 0 spiro atoms. The first-order valence-electron chi connectivity index (χ1n) is 15.5. The minimum absolute atomic E-state index is 0. The Morgan fingerprint density at radius 1 is 0.311 bits per heavy atom. The normalized spacial score (nSPS) is 15.3. The van der Waals surface area contributed by atoms with Crippen molar-refractivity contribution in [1.82, 2.24) is 0 Å². The van der Waals surface area contributed by atoms with Crippen LogP contribution in [0.4, 0.5) is 105 Å². The molecule has 0 aliphatic heterocycles. The predicted molar refractivity (Wildman–Crippen MR) is 167 cm³/mol. The van der Waals surface area contributed by atoms with Gasteiger partial charge in [-0.15, -0.1) is 0 Å². The summed E-state index contributed by atoms with van der Waals surface area (Å²) >= 11 is 0. The first-order valence-corrected chi connectivity index (χ1v) is 18.5. The largest absolute Gasteiger partial charge is 0.673 e. The third-order valence-corrected chi connectivity index (χ3v) is 13.6. The number of halogens is 24. The van der Waals surface area contributed by atoms with Crippen LogP contribution in [0.3, 0.4) is 0 Å². The average molecular weight is 1040 g/mol. The summed E-state index contributed by atoms with van der Waals surface area (Å²) in [6, 6.07) is 0. The number of hydrogen-bond donors (Lipinski definition) is 0. The van der Waals surface area contributed by atoms with Gasteiger partial charge in [0.1, 0.15) is 0 Å². The molecule has 61 heavy (non-hydrogen) atoms. The van der Waals surface area contributed by atoms with Crippen LogP contribution in [-0.4, -0.2) is 19.6 Å². The molecule has 0 fully saturated rings. The Morgan fingerprint density at radius 2 is 0.443 bits per heavy atom. The van der Waals surface area contributed by atoms with E-state index in [2.05, 4.69) is 24.3 Å². The molecule has 0 N–H and O–H groups in total. The molecule has 4 aromatic carbocycles. The molecular formula is C33H12BF24P2Rh-. The van der Waals surface area contributed by atoms with Gasteiger partial charge in [-0.2, -0.15) is 0 Å². The predicted octanol–water partition coefficient (Wildman–Crippen LogP) is 11.1. The van der Waals surface area contributed by atoms with Gasteiger partial charge in [0.05, 0.1) is 21.2 Å². The van der Waals surface area contributed by atoms with Gasteiger partial charge in [-0.3, -0.25) is 0 Å². The van der Waals surface area contributed by atoms with E-state index in [4.69, 9.17) is 0 Å². The van der Waals surface area contributed by atoms with Crippen molar-refractivity contribution in [1.29, 1.82) is 0 Å². The van der Waals surface area contributed by atoms with Crippen molar-refractivity contribution in [2.24, 2.45) is 11.8 Å². The Morgan fingerprint density at radius 3 is 0.557 bits per heavy atom. The smallest absolute Gasteiger partial charge is 0.418 e. The van der Waals surface area contributed by atoms with Crippen molar-refractivity contribution >= 4 is 44.3 Å². The van der Waals surface area contributed by atoms with Gasteiger partial charge in [0.15, 0.2) is 93.1 Å². The molecule has 0 heterocycles. The summed E-state index contributed by atoms with van der Waals surface area (Å²) in [6.07, 6.45) is 6.51. The topological polar surface area (TPSA) is 0 Å². The molecule has 0 amide bonds. The Bertz CT molecular complexity index is 1990. The average Bonchev–Trinajstić information content (AvgIpc) is 3.86. The van der Waals surface area contributed by atoms with Gasteiger partial charge in [0.25, 0.3) is 0 Å². The van der Waals surface area contributed by atoms with Gasteiger partial charge >= 0.3 is 7.25 Å². The van der Waals surface area contributed by atoms with Crippen LogP contribution in [-0.2, 0) is 19.5 Å². The van der Waals surface area contributed by atoms with Crippen molar-refractivity contribution in [2.75, 3.05) is 12.3 Å². The van der Waals surface area contributed by atoms with Crippen molar-refractivity contribution in [2.45, 2.75) is 6.42 Å². The van der Waals surface area contributed by atoms with Crippen molar-refractivity contribution in [3.63, 3.8) is 0 Å². The summed E-state index contributed by atoms with van der Waals surface area (Å²) in [6.45, 7) is 0. The fourth-order valence-corrected chi connectivity index (χ4v) is 11.1. The van der Waals surface area contributed by atoms with E-state index in [1.54, 1.807) is 0 Å². The maximum absolute atomic E-state index is 14.9. The second-order valence-electron chi connectivity index (χ2n) is 11.8. The number of benzene rings is 4. The van der Waals surface area contributed by atoms with E-state index in [-0.39, 0.29) is 19.5 Å². The van der Waals surface area contributed by atoms with Crippen LogP contribution in [0.1, 0.15) is 6.42 Å². The Hall–Kier alpha value is -3.77. The molecule has 2 aliphatic carbocycles. The summed E-state index contributed by atoms with van der Waals surface area (Å²) in [4.78, 5) is 0. The van der Waals surface area contributed by atoms with Crippen LogP contribution in [0.2, 0.25) is 0 Å². The molecule has 28 heteroatoms. The van der Waals surface area contributed by atoms with Gasteiger partial charge in [0.2, 0.25) is 23.3 Å². The molecule has 1 radical (unpaired) electrons. The van der Waals surface area contributed by atoms with E-state index in [9.17, 15) is 105 Å². The number of allylic oxidation sites excluding steroid dienone is 4. The van der Waals surface area contributed by atoms with Gasteiger partial charge in [0, 0.05) is 19.5 Å². The summed E-state index contributed by atoms with van der Waals surface area (Å²) < 4.78 is 326. The molecular weight excluding hydrogens is 1030 g/mol. The fourth-order valence-electron chi connectivity index (χ4n) is 5.52. The summed E-state index contributed by atoms with van der Waals surface area (Å²) in [7, 11) is -14.8.